The highest BCUT2D eigenvalue weighted by Gasteiger charge is 2.19. The lowest BCUT2D eigenvalue weighted by molar-refractivity contribution is -0.137. The number of halogens is 1. The topological polar surface area (TPSA) is 63.3 Å². The fraction of sp³-hybridized carbons (Fsp3) is 0.316. The van der Waals surface area contributed by atoms with Crippen LogP contribution in [0, 0.1) is 33.5 Å². The molecule has 0 saturated heterocycles. The fourth-order valence-electron chi connectivity index (χ4n) is 3.14. The van der Waals surface area contributed by atoms with E-state index < -0.39 is 17.8 Å². The number of carbonyl (C=O) groups is 1. The summed E-state index contributed by atoms with van der Waals surface area (Å²) in [6, 6.07) is 6.77. The Kier molecular flexibility index (Phi) is 4.85. The minimum absolute atomic E-state index is 0.252. The molecule has 2 aromatic rings. The Labute approximate surface area is 136 Å². The van der Waals surface area contributed by atoms with Crippen LogP contribution in [0.5, 0.6) is 0 Å². The van der Waals surface area contributed by atoms with Gasteiger partial charge in [-0.2, -0.15) is 0 Å². The maximum atomic E-state index is 14.4. The van der Waals surface area contributed by atoms with Crippen LogP contribution in [0.2, 0.25) is 0 Å². The lowest BCUT2D eigenvalue weighted by Crippen LogP contribution is -2.17. The molecule has 0 bridgehead atoms. The molecule has 23 heavy (non-hydrogen) atoms. The molecule has 0 saturated carbocycles. The SMILES string of the molecule is Cc1cc(C)c(-c2cc(C)c(F)c(C(N)CC(=O)O)c2)c(C)c1. The average molecular weight is 315 g/mol. The Morgan fingerprint density at radius 3 is 2.17 bits per heavy atom. The summed E-state index contributed by atoms with van der Waals surface area (Å²) in [6.07, 6.45) is -0.300. The summed E-state index contributed by atoms with van der Waals surface area (Å²) in [5, 5.41) is 8.91. The smallest absolute Gasteiger partial charge is 0.305 e. The van der Waals surface area contributed by atoms with E-state index in [4.69, 9.17) is 10.8 Å². The van der Waals surface area contributed by atoms with Crippen molar-refractivity contribution < 1.29 is 14.3 Å². The van der Waals surface area contributed by atoms with Crippen LogP contribution in [-0.4, -0.2) is 11.1 Å². The Hall–Kier alpha value is -2.20. The van der Waals surface area contributed by atoms with E-state index in [2.05, 4.69) is 12.1 Å². The second-order valence-electron chi connectivity index (χ2n) is 6.17. The standard InChI is InChI=1S/C19H22FNO2/c1-10-5-11(2)18(12(3)6-10)14-7-13(4)19(20)15(8-14)16(21)9-17(22)23/h5-8,16H,9,21H2,1-4H3,(H,22,23). The Morgan fingerprint density at radius 1 is 1.09 bits per heavy atom. The minimum Gasteiger partial charge on any atom is -0.481 e. The molecule has 0 fully saturated rings. The first kappa shape index (κ1) is 17.2. The van der Waals surface area contributed by atoms with Gasteiger partial charge in [0.05, 0.1) is 6.42 Å². The first-order chi connectivity index (χ1) is 10.7. The van der Waals surface area contributed by atoms with E-state index in [9.17, 15) is 9.18 Å². The van der Waals surface area contributed by atoms with Crippen molar-refractivity contribution >= 4 is 5.97 Å². The molecule has 2 rings (SSSR count). The van der Waals surface area contributed by atoms with Gasteiger partial charge in [0.25, 0.3) is 0 Å². The summed E-state index contributed by atoms with van der Waals surface area (Å²) in [7, 11) is 0. The fourth-order valence-corrected chi connectivity index (χ4v) is 3.14. The largest absolute Gasteiger partial charge is 0.481 e. The summed E-state index contributed by atoms with van der Waals surface area (Å²) in [4.78, 5) is 10.9. The highest BCUT2D eigenvalue weighted by atomic mass is 19.1. The summed E-state index contributed by atoms with van der Waals surface area (Å²) < 4.78 is 14.4. The van der Waals surface area contributed by atoms with Gasteiger partial charge in [0.2, 0.25) is 0 Å². The maximum absolute atomic E-state index is 14.4. The van der Waals surface area contributed by atoms with E-state index in [1.165, 1.54) is 5.56 Å². The maximum Gasteiger partial charge on any atom is 0.305 e. The molecule has 4 heteroatoms. The molecule has 0 spiro atoms. The van der Waals surface area contributed by atoms with Gasteiger partial charge >= 0.3 is 5.97 Å². The molecule has 0 aliphatic rings. The third-order valence-corrected chi connectivity index (χ3v) is 4.04. The number of aliphatic carboxylic acids is 1. The van der Waals surface area contributed by atoms with Crippen molar-refractivity contribution in [2.45, 2.75) is 40.2 Å². The molecule has 0 aliphatic heterocycles. The summed E-state index contributed by atoms with van der Waals surface area (Å²) >= 11 is 0. The van der Waals surface area contributed by atoms with Crippen LogP contribution < -0.4 is 5.73 Å². The number of hydrogen-bond donors (Lipinski definition) is 2. The second kappa shape index (κ2) is 6.50. The van der Waals surface area contributed by atoms with Crippen LogP contribution in [0.15, 0.2) is 24.3 Å². The number of benzene rings is 2. The van der Waals surface area contributed by atoms with E-state index in [0.29, 0.717) is 5.56 Å². The highest BCUT2D eigenvalue weighted by Crippen LogP contribution is 2.33. The third kappa shape index (κ3) is 3.59. The van der Waals surface area contributed by atoms with Crippen molar-refractivity contribution in [3.8, 4) is 11.1 Å². The van der Waals surface area contributed by atoms with Gasteiger partial charge in [0, 0.05) is 11.6 Å². The first-order valence-electron chi connectivity index (χ1n) is 7.56. The van der Waals surface area contributed by atoms with Gasteiger partial charge in [-0.15, -0.1) is 0 Å². The number of hydrogen-bond acceptors (Lipinski definition) is 2. The zero-order chi connectivity index (χ0) is 17.3. The molecule has 0 amide bonds. The number of rotatable bonds is 4. The second-order valence-corrected chi connectivity index (χ2v) is 6.17. The molecule has 0 heterocycles. The van der Waals surface area contributed by atoms with E-state index in [1.54, 1.807) is 19.1 Å². The van der Waals surface area contributed by atoms with Crippen LogP contribution in [0.25, 0.3) is 11.1 Å². The van der Waals surface area contributed by atoms with Gasteiger partial charge in [0.1, 0.15) is 5.82 Å². The molecule has 0 aromatic heterocycles. The molecule has 3 nitrogen and oxygen atoms in total. The third-order valence-electron chi connectivity index (χ3n) is 4.04. The number of carboxylic acid groups (broad SMARTS) is 1. The van der Waals surface area contributed by atoms with Gasteiger partial charge in [-0.25, -0.2) is 4.39 Å². The minimum atomic E-state index is -1.04. The molecular formula is C19H22FNO2. The molecule has 1 unspecified atom stereocenters. The van der Waals surface area contributed by atoms with Crippen LogP contribution in [0.1, 0.15) is 40.3 Å². The van der Waals surface area contributed by atoms with Gasteiger partial charge in [-0.3, -0.25) is 4.79 Å². The molecule has 2 aromatic carbocycles. The van der Waals surface area contributed by atoms with Crippen molar-refractivity contribution in [1.29, 1.82) is 0 Å². The lowest BCUT2D eigenvalue weighted by atomic mass is 9.90. The van der Waals surface area contributed by atoms with Crippen molar-refractivity contribution in [3.63, 3.8) is 0 Å². The number of carboxylic acids is 1. The Balaban J connectivity index is 2.62. The van der Waals surface area contributed by atoms with Crippen molar-refractivity contribution in [1.82, 2.24) is 0 Å². The van der Waals surface area contributed by atoms with Crippen molar-refractivity contribution in [2.75, 3.05) is 0 Å². The van der Waals surface area contributed by atoms with Gasteiger partial charge < -0.3 is 10.8 Å². The summed E-state index contributed by atoms with van der Waals surface area (Å²) in [5.41, 5.74) is 11.9. The zero-order valence-corrected chi connectivity index (χ0v) is 13.9. The Morgan fingerprint density at radius 2 is 1.65 bits per heavy atom. The quantitative estimate of drug-likeness (QED) is 0.888. The zero-order valence-electron chi connectivity index (χ0n) is 13.9. The monoisotopic (exact) mass is 315 g/mol. The van der Waals surface area contributed by atoms with Gasteiger partial charge in [-0.05, 0) is 67.6 Å². The van der Waals surface area contributed by atoms with E-state index in [1.807, 2.05) is 20.8 Å². The molecule has 3 N–H and O–H groups in total. The number of nitrogens with two attached hydrogens (primary N) is 1. The van der Waals surface area contributed by atoms with Gasteiger partial charge in [0.15, 0.2) is 0 Å². The summed E-state index contributed by atoms with van der Waals surface area (Å²) in [6.45, 7) is 7.75. The van der Waals surface area contributed by atoms with E-state index >= 15 is 0 Å². The van der Waals surface area contributed by atoms with E-state index in [-0.39, 0.29) is 12.0 Å². The highest BCUT2D eigenvalue weighted by molar-refractivity contribution is 5.73. The normalized spacial score (nSPS) is 12.3. The number of aryl methyl sites for hydroxylation is 4. The molecule has 122 valence electrons. The Bertz CT molecular complexity index is 745. The molecule has 1 atom stereocenters. The average Bonchev–Trinajstić information content (AvgIpc) is 2.40. The van der Waals surface area contributed by atoms with Crippen LogP contribution in [0.3, 0.4) is 0 Å². The first-order valence-corrected chi connectivity index (χ1v) is 7.56. The van der Waals surface area contributed by atoms with Crippen molar-refractivity contribution in [3.05, 3.63) is 57.9 Å². The van der Waals surface area contributed by atoms with Crippen LogP contribution in [0.4, 0.5) is 4.39 Å². The van der Waals surface area contributed by atoms with Gasteiger partial charge in [-0.1, -0.05) is 17.7 Å². The molecular weight excluding hydrogens is 293 g/mol. The predicted molar refractivity (Wildman–Crippen MR) is 90.0 cm³/mol. The molecule has 0 aliphatic carbocycles. The summed E-state index contributed by atoms with van der Waals surface area (Å²) in [5.74, 6) is -1.47. The lowest BCUT2D eigenvalue weighted by Gasteiger charge is -2.17. The molecule has 0 radical (unpaired) electrons. The van der Waals surface area contributed by atoms with Crippen LogP contribution in [-0.2, 0) is 4.79 Å². The van der Waals surface area contributed by atoms with Crippen LogP contribution >= 0.6 is 0 Å². The van der Waals surface area contributed by atoms with Crippen molar-refractivity contribution in [2.24, 2.45) is 5.73 Å². The predicted octanol–water partition coefficient (Wildman–Crippen LogP) is 4.20. The van der Waals surface area contributed by atoms with E-state index in [0.717, 1.165) is 22.3 Å².